The summed E-state index contributed by atoms with van der Waals surface area (Å²) in [5, 5.41) is 7.62. The van der Waals surface area contributed by atoms with Crippen molar-refractivity contribution in [1.82, 2.24) is 5.32 Å². The molecule has 1 aromatic carbocycles. The molecule has 2 aromatic rings. The third-order valence-electron chi connectivity index (χ3n) is 6.01. The predicted molar refractivity (Wildman–Crippen MR) is 113 cm³/mol. The van der Waals surface area contributed by atoms with Crippen LogP contribution in [0.1, 0.15) is 59.7 Å². The van der Waals surface area contributed by atoms with E-state index < -0.39 is 0 Å². The first-order valence-electron chi connectivity index (χ1n) is 9.76. The summed E-state index contributed by atoms with van der Waals surface area (Å²) in [6.07, 6.45) is 2.83. The van der Waals surface area contributed by atoms with Crippen LogP contribution in [-0.4, -0.2) is 20.1 Å². The molecule has 28 heavy (non-hydrogen) atoms. The van der Waals surface area contributed by atoms with Crippen LogP contribution in [0.2, 0.25) is 0 Å². The second kappa shape index (κ2) is 6.99. The van der Waals surface area contributed by atoms with Gasteiger partial charge in [0.1, 0.15) is 11.2 Å². The lowest BCUT2D eigenvalue weighted by atomic mass is 9.72. The zero-order valence-electron chi connectivity index (χ0n) is 17.1. The summed E-state index contributed by atoms with van der Waals surface area (Å²) in [5.41, 5.74) is 3.22. The Bertz CT molecular complexity index is 913. The summed E-state index contributed by atoms with van der Waals surface area (Å²) < 4.78 is 11.0. The van der Waals surface area contributed by atoms with Crippen molar-refractivity contribution in [3.63, 3.8) is 0 Å². The van der Waals surface area contributed by atoms with Gasteiger partial charge in [0.2, 0.25) is 0 Å². The summed E-state index contributed by atoms with van der Waals surface area (Å²) in [5.74, 6) is 1.94. The molecule has 1 amide bonds. The van der Waals surface area contributed by atoms with Crippen LogP contribution < -0.4 is 20.1 Å². The lowest BCUT2D eigenvalue weighted by molar-refractivity contribution is 0.0934. The molecular formula is C22H28N2O3S. The maximum Gasteiger partial charge on any atom is 0.256 e. The number of hydrogen-bond acceptors (Lipinski definition) is 5. The van der Waals surface area contributed by atoms with Crippen molar-refractivity contribution in [2.24, 2.45) is 11.3 Å². The number of carbonyl (C=O) groups excluding carboxylic acids is 1. The maximum absolute atomic E-state index is 13.0. The molecule has 2 aliphatic rings. The molecule has 4 rings (SSSR count). The van der Waals surface area contributed by atoms with Crippen molar-refractivity contribution in [3.8, 4) is 11.5 Å². The average molecular weight is 401 g/mol. The Kier molecular flexibility index (Phi) is 4.78. The van der Waals surface area contributed by atoms with Gasteiger partial charge < -0.3 is 20.1 Å². The third-order valence-corrected chi connectivity index (χ3v) is 7.20. The molecule has 0 radical (unpaired) electrons. The quantitative estimate of drug-likeness (QED) is 0.779. The number of ether oxygens (including phenoxy) is 2. The first-order chi connectivity index (χ1) is 13.3. The molecule has 1 aromatic heterocycles. The number of thiophene rings is 1. The number of rotatable bonds is 3. The fraction of sp³-hybridized carbons (Fsp3) is 0.500. The molecule has 2 heterocycles. The maximum atomic E-state index is 13.0. The number of fused-ring (bicyclic) bond motifs is 3. The van der Waals surface area contributed by atoms with Crippen LogP contribution in [0.15, 0.2) is 18.2 Å². The van der Waals surface area contributed by atoms with E-state index in [9.17, 15) is 4.79 Å². The molecule has 0 saturated carbocycles. The zero-order valence-corrected chi connectivity index (χ0v) is 18.0. The van der Waals surface area contributed by atoms with Crippen LogP contribution in [0.25, 0.3) is 0 Å². The summed E-state index contributed by atoms with van der Waals surface area (Å²) in [4.78, 5) is 14.4. The van der Waals surface area contributed by atoms with Gasteiger partial charge in [0.05, 0.1) is 19.8 Å². The van der Waals surface area contributed by atoms with Crippen molar-refractivity contribution in [1.29, 1.82) is 0 Å². The highest BCUT2D eigenvalue weighted by Crippen LogP contribution is 2.47. The number of benzene rings is 1. The van der Waals surface area contributed by atoms with Crippen molar-refractivity contribution in [2.45, 2.75) is 46.2 Å². The van der Waals surface area contributed by atoms with Gasteiger partial charge in [-0.25, -0.2) is 0 Å². The molecule has 6 heteroatoms. The van der Waals surface area contributed by atoms with Gasteiger partial charge in [0.15, 0.2) is 11.5 Å². The molecule has 0 spiro atoms. The first kappa shape index (κ1) is 19.1. The Morgan fingerprint density at radius 1 is 1.14 bits per heavy atom. The van der Waals surface area contributed by atoms with Gasteiger partial charge in [0, 0.05) is 10.4 Å². The Morgan fingerprint density at radius 3 is 2.61 bits per heavy atom. The fourth-order valence-electron chi connectivity index (χ4n) is 4.33. The van der Waals surface area contributed by atoms with Gasteiger partial charge in [0.25, 0.3) is 5.91 Å². The fourth-order valence-corrected chi connectivity index (χ4v) is 5.69. The minimum absolute atomic E-state index is 0.00432. The monoisotopic (exact) mass is 400 g/mol. The Balaban J connectivity index is 1.68. The molecular weight excluding hydrogens is 372 g/mol. The number of hydrogen-bond donors (Lipinski definition) is 2. The van der Waals surface area contributed by atoms with Crippen LogP contribution >= 0.6 is 11.3 Å². The predicted octanol–water partition coefficient (Wildman–Crippen LogP) is 4.77. The number of carbonyl (C=O) groups is 1. The first-order valence-corrected chi connectivity index (χ1v) is 10.6. The number of para-hydroxylation sites is 1. The largest absolute Gasteiger partial charge is 0.493 e. The number of anilines is 1. The topological polar surface area (TPSA) is 59.6 Å². The van der Waals surface area contributed by atoms with Crippen molar-refractivity contribution in [3.05, 3.63) is 39.8 Å². The molecule has 150 valence electrons. The summed E-state index contributed by atoms with van der Waals surface area (Å²) in [6, 6.07) is 5.72. The van der Waals surface area contributed by atoms with Crippen molar-refractivity contribution >= 4 is 22.2 Å². The third kappa shape index (κ3) is 3.13. The van der Waals surface area contributed by atoms with Crippen LogP contribution in [-0.2, 0) is 12.8 Å². The summed E-state index contributed by atoms with van der Waals surface area (Å²) in [6.45, 7) is 6.94. The Morgan fingerprint density at radius 2 is 1.93 bits per heavy atom. The highest BCUT2D eigenvalue weighted by atomic mass is 32.1. The minimum atomic E-state index is -0.344. The van der Waals surface area contributed by atoms with Crippen molar-refractivity contribution in [2.75, 3.05) is 19.5 Å². The smallest absolute Gasteiger partial charge is 0.256 e. The van der Waals surface area contributed by atoms with Gasteiger partial charge in [-0.3, -0.25) is 4.79 Å². The van der Waals surface area contributed by atoms with E-state index in [1.54, 1.807) is 25.6 Å². The van der Waals surface area contributed by atoms with E-state index in [-0.39, 0.29) is 17.5 Å². The van der Waals surface area contributed by atoms with Gasteiger partial charge in [-0.1, -0.05) is 32.9 Å². The molecule has 0 bridgehead atoms. The van der Waals surface area contributed by atoms with Gasteiger partial charge >= 0.3 is 0 Å². The molecule has 1 aliphatic carbocycles. The molecule has 5 nitrogen and oxygen atoms in total. The number of amides is 1. The van der Waals surface area contributed by atoms with E-state index in [4.69, 9.17) is 9.47 Å². The molecule has 0 unspecified atom stereocenters. The second-order valence-electron chi connectivity index (χ2n) is 8.65. The van der Waals surface area contributed by atoms with E-state index in [0.29, 0.717) is 17.4 Å². The molecule has 0 saturated heterocycles. The van der Waals surface area contributed by atoms with Crippen molar-refractivity contribution < 1.29 is 14.3 Å². The Labute approximate surface area is 170 Å². The Hall–Kier alpha value is -2.21. The summed E-state index contributed by atoms with van der Waals surface area (Å²) >= 11 is 1.74. The standard InChI is InChI=1S/C22H28N2O3S/c1-22(2,3)12-9-10-13-16(11-12)28-21-17(13)20(25)23-19(24-21)14-7-6-8-15(26-4)18(14)27-5/h6-8,12,19,24H,9-11H2,1-5H3,(H,23,25)/t12-,19+/m0/s1. The molecule has 2 N–H and O–H groups in total. The van der Waals surface area contributed by atoms with Crippen LogP contribution in [0, 0.1) is 11.3 Å². The van der Waals surface area contributed by atoms with E-state index >= 15 is 0 Å². The minimum Gasteiger partial charge on any atom is -0.493 e. The second-order valence-corrected chi connectivity index (χ2v) is 9.75. The number of methoxy groups -OCH3 is 2. The molecule has 0 fully saturated rings. The van der Waals surface area contributed by atoms with E-state index in [2.05, 4.69) is 31.4 Å². The lowest BCUT2D eigenvalue weighted by Gasteiger charge is -2.34. The van der Waals surface area contributed by atoms with Gasteiger partial charge in [-0.05, 0) is 42.2 Å². The SMILES string of the molecule is COc1cccc([C@@H]2NC(=O)c3c(sc4c3CC[C@H](C(C)(C)C)C4)N2)c1OC. The van der Waals surface area contributed by atoms with E-state index in [0.717, 1.165) is 35.4 Å². The zero-order chi connectivity index (χ0) is 20.1. The normalized spacial score (nSPS) is 21.2. The van der Waals surface area contributed by atoms with Crippen LogP contribution in [0.5, 0.6) is 11.5 Å². The van der Waals surface area contributed by atoms with Gasteiger partial charge in [-0.15, -0.1) is 11.3 Å². The lowest BCUT2D eigenvalue weighted by Crippen LogP contribution is -2.38. The van der Waals surface area contributed by atoms with Gasteiger partial charge in [-0.2, -0.15) is 0 Å². The molecule has 1 aliphatic heterocycles. The molecule has 2 atom stereocenters. The highest BCUT2D eigenvalue weighted by molar-refractivity contribution is 7.16. The number of nitrogens with one attached hydrogen (secondary N) is 2. The van der Waals surface area contributed by atoms with E-state index in [1.165, 1.54) is 10.4 Å². The van der Waals surface area contributed by atoms with E-state index in [1.807, 2.05) is 18.2 Å². The summed E-state index contributed by atoms with van der Waals surface area (Å²) in [7, 11) is 3.24. The highest BCUT2D eigenvalue weighted by Gasteiger charge is 2.37. The van der Waals surface area contributed by atoms with Crippen LogP contribution in [0.3, 0.4) is 0 Å². The van der Waals surface area contributed by atoms with Crippen LogP contribution in [0.4, 0.5) is 5.00 Å². The average Bonchev–Trinajstić information content (AvgIpc) is 3.04.